The number of hydrogen-bond donors (Lipinski definition) is 0. The van der Waals surface area contributed by atoms with Crippen molar-refractivity contribution in [2.24, 2.45) is 0 Å². The summed E-state index contributed by atoms with van der Waals surface area (Å²) in [6.07, 6.45) is 2.20. The second kappa shape index (κ2) is 3.30. The zero-order valence-corrected chi connectivity index (χ0v) is 5.97. The molecule has 54 valence electrons. The van der Waals surface area contributed by atoms with Gasteiger partial charge in [-0.3, -0.25) is 9.37 Å². The van der Waals surface area contributed by atoms with E-state index in [-0.39, 0.29) is 6.67 Å². The van der Waals surface area contributed by atoms with Gasteiger partial charge >= 0.3 is 0 Å². The van der Waals surface area contributed by atoms with Gasteiger partial charge in [0.2, 0.25) is 0 Å². The minimum absolute atomic E-state index is 0.301. The average molecular weight is 139 g/mol. The predicted octanol–water partition coefficient (Wildman–Crippen LogP) is 1.90. The summed E-state index contributed by atoms with van der Waals surface area (Å²) in [4.78, 5) is 4.03. The largest absolute Gasteiger partial charge is 0.261 e. The Morgan fingerprint density at radius 3 is 2.80 bits per heavy atom. The highest BCUT2D eigenvalue weighted by atomic mass is 19.1. The Kier molecular flexibility index (Phi) is 2.37. The van der Waals surface area contributed by atoms with Crippen molar-refractivity contribution in [1.82, 2.24) is 4.98 Å². The Labute approximate surface area is 59.9 Å². The van der Waals surface area contributed by atoms with Crippen LogP contribution in [0, 0.1) is 6.92 Å². The third kappa shape index (κ3) is 1.79. The summed E-state index contributed by atoms with van der Waals surface area (Å²) < 4.78 is 11.8. The van der Waals surface area contributed by atoms with E-state index in [1.807, 2.05) is 19.1 Å². The van der Waals surface area contributed by atoms with Gasteiger partial charge in [0.1, 0.15) is 0 Å². The zero-order chi connectivity index (χ0) is 7.40. The van der Waals surface area contributed by atoms with Gasteiger partial charge in [-0.25, -0.2) is 0 Å². The number of halogens is 1. The third-order valence-electron chi connectivity index (χ3n) is 1.36. The molecule has 1 rings (SSSR count). The summed E-state index contributed by atoms with van der Waals surface area (Å²) in [5.41, 5.74) is 1.94. The van der Waals surface area contributed by atoms with Gasteiger partial charge in [-0.15, -0.1) is 0 Å². The van der Waals surface area contributed by atoms with Crippen LogP contribution in [0.4, 0.5) is 4.39 Å². The third-order valence-corrected chi connectivity index (χ3v) is 1.36. The van der Waals surface area contributed by atoms with Crippen LogP contribution in [0.5, 0.6) is 0 Å². The van der Waals surface area contributed by atoms with Crippen molar-refractivity contribution in [3.05, 3.63) is 29.6 Å². The average Bonchev–Trinajstić information content (AvgIpc) is 1.95. The second-order valence-electron chi connectivity index (χ2n) is 2.25. The van der Waals surface area contributed by atoms with Crippen molar-refractivity contribution in [2.45, 2.75) is 13.3 Å². The number of aromatic nitrogens is 1. The highest BCUT2D eigenvalue weighted by Crippen LogP contribution is 1.99. The maximum absolute atomic E-state index is 11.8. The van der Waals surface area contributed by atoms with Crippen molar-refractivity contribution in [3.63, 3.8) is 0 Å². The van der Waals surface area contributed by atoms with Gasteiger partial charge in [0.05, 0.1) is 6.67 Å². The van der Waals surface area contributed by atoms with Crippen LogP contribution in [0.3, 0.4) is 0 Å². The Morgan fingerprint density at radius 2 is 2.30 bits per heavy atom. The molecule has 0 fully saturated rings. The molecule has 1 aromatic heterocycles. The molecule has 1 nitrogen and oxygen atoms in total. The minimum Gasteiger partial charge on any atom is -0.261 e. The number of rotatable bonds is 2. The van der Waals surface area contributed by atoms with Gasteiger partial charge in [0.25, 0.3) is 0 Å². The Hall–Kier alpha value is -0.920. The smallest absolute Gasteiger partial charge is 0.0935 e. The van der Waals surface area contributed by atoms with Gasteiger partial charge in [-0.2, -0.15) is 0 Å². The van der Waals surface area contributed by atoms with E-state index < -0.39 is 0 Å². The molecule has 0 atom stereocenters. The first-order valence-electron chi connectivity index (χ1n) is 3.30. The molecule has 0 bridgehead atoms. The van der Waals surface area contributed by atoms with Crippen LogP contribution in [0.15, 0.2) is 18.3 Å². The summed E-state index contributed by atoms with van der Waals surface area (Å²) >= 11 is 0. The Bertz CT molecular complexity index is 193. The fourth-order valence-corrected chi connectivity index (χ4v) is 0.755. The molecule has 0 spiro atoms. The molecule has 0 N–H and O–H groups in total. The predicted molar refractivity (Wildman–Crippen MR) is 38.7 cm³/mol. The summed E-state index contributed by atoms with van der Waals surface area (Å²) in [7, 11) is 0. The molecular formula is C8H10FN. The second-order valence-corrected chi connectivity index (χ2v) is 2.25. The van der Waals surface area contributed by atoms with Crippen molar-refractivity contribution >= 4 is 0 Å². The van der Waals surface area contributed by atoms with E-state index in [0.717, 1.165) is 11.3 Å². The standard InChI is InChI=1S/C8H10FN/c1-7-2-3-8(4-5-9)6-10-7/h2-3,6H,4-5H2,1H3. The molecule has 0 aromatic carbocycles. The number of hydrogen-bond acceptors (Lipinski definition) is 1. The summed E-state index contributed by atoms with van der Waals surface area (Å²) in [6.45, 7) is 1.62. The number of nitrogens with zero attached hydrogens (tertiary/aromatic N) is 1. The van der Waals surface area contributed by atoms with Crippen molar-refractivity contribution in [1.29, 1.82) is 0 Å². The van der Waals surface area contributed by atoms with Crippen LogP contribution >= 0.6 is 0 Å². The lowest BCUT2D eigenvalue weighted by molar-refractivity contribution is 0.495. The first kappa shape index (κ1) is 7.19. The maximum Gasteiger partial charge on any atom is 0.0935 e. The number of aryl methyl sites for hydroxylation is 2. The lowest BCUT2D eigenvalue weighted by Gasteiger charge is -1.95. The van der Waals surface area contributed by atoms with Crippen LogP contribution in [0.25, 0.3) is 0 Å². The number of pyridine rings is 1. The van der Waals surface area contributed by atoms with Gasteiger partial charge in [0.15, 0.2) is 0 Å². The molecule has 0 amide bonds. The van der Waals surface area contributed by atoms with E-state index in [9.17, 15) is 4.39 Å². The maximum atomic E-state index is 11.8. The normalized spacial score (nSPS) is 9.80. The first-order chi connectivity index (χ1) is 4.83. The summed E-state index contributed by atoms with van der Waals surface area (Å²) in [5, 5.41) is 0. The van der Waals surface area contributed by atoms with Gasteiger partial charge in [-0.1, -0.05) is 6.07 Å². The van der Waals surface area contributed by atoms with Crippen LogP contribution in [0.2, 0.25) is 0 Å². The van der Waals surface area contributed by atoms with E-state index in [0.29, 0.717) is 6.42 Å². The van der Waals surface area contributed by atoms with Gasteiger partial charge in [-0.05, 0) is 18.6 Å². The molecule has 0 saturated heterocycles. The van der Waals surface area contributed by atoms with Crippen molar-refractivity contribution < 1.29 is 4.39 Å². The van der Waals surface area contributed by atoms with E-state index in [1.165, 1.54) is 0 Å². The summed E-state index contributed by atoms with van der Waals surface area (Å²) in [5.74, 6) is 0. The SMILES string of the molecule is Cc1ccc(CCF)cn1. The van der Waals surface area contributed by atoms with Crippen LogP contribution < -0.4 is 0 Å². The molecule has 0 aliphatic carbocycles. The van der Waals surface area contributed by atoms with Crippen LogP contribution in [-0.4, -0.2) is 11.7 Å². The van der Waals surface area contributed by atoms with E-state index in [4.69, 9.17) is 0 Å². The molecular weight excluding hydrogens is 129 g/mol. The fourth-order valence-electron chi connectivity index (χ4n) is 0.755. The molecule has 0 saturated carbocycles. The van der Waals surface area contributed by atoms with Crippen LogP contribution in [0.1, 0.15) is 11.3 Å². The number of alkyl halides is 1. The lowest BCUT2D eigenvalue weighted by atomic mass is 10.2. The highest BCUT2D eigenvalue weighted by Gasteiger charge is 1.90. The minimum atomic E-state index is -0.301. The molecule has 0 unspecified atom stereocenters. The monoisotopic (exact) mass is 139 g/mol. The molecule has 1 heterocycles. The quantitative estimate of drug-likeness (QED) is 0.609. The molecule has 0 aliphatic rings. The van der Waals surface area contributed by atoms with Crippen molar-refractivity contribution in [2.75, 3.05) is 6.67 Å². The van der Waals surface area contributed by atoms with Crippen molar-refractivity contribution in [3.8, 4) is 0 Å². The lowest BCUT2D eigenvalue weighted by Crippen LogP contribution is -1.88. The van der Waals surface area contributed by atoms with E-state index >= 15 is 0 Å². The van der Waals surface area contributed by atoms with E-state index in [1.54, 1.807) is 6.20 Å². The zero-order valence-electron chi connectivity index (χ0n) is 5.97. The van der Waals surface area contributed by atoms with Crippen LogP contribution in [-0.2, 0) is 6.42 Å². The first-order valence-corrected chi connectivity index (χ1v) is 3.30. The molecule has 0 aliphatic heterocycles. The fraction of sp³-hybridized carbons (Fsp3) is 0.375. The molecule has 0 radical (unpaired) electrons. The Balaban J connectivity index is 2.69. The molecule has 1 aromatic rings. The Morgan fingerprint density at radius 1 is 1.50 bits per heavy atom. The van der Waals surface area contributed by atoms with E-state index in [2.05, 4.69) is 4.98 Å². The van der Waals surface area contributed by atoms with Gasteiger partial charge in [0, 0.05) is 18.3 Å². The molecule has 10 heavy (non-hydrogen) atoms. The summed E-state index contributed by atoms with van der Waals surface area (Å²) in [6, 6.07) is 3.80. The highest BCUT2D eigenvalue weighted by molar-refractivity contribution is 5.12. The topological polar surface area (TPSA) is 12.9 Å². The molecule has 2 heteroatoms. The van der Waals surface area contributed by atoms with Gasteiger partial charge < -0.3 is 0 Å².